The molecule has 0 saturated heterocycles. The molecule has 1 heterocycles. The number of hydrogen-bond acceptors (Lipinski definition) is 4. The lowest BCUT2D eigenvalue weighted by Gasteiger charge is -2.29. The van der Waals surface area contributed by atoms with E-state index in [0.29, 0.717) is 40.0 Å². The molecule has 0 fully saturated rings. The maximum absolute atomic E-state index is 12.8. The molecule has 2 rings (SSSR count). The molecule has 140 valence electrons. The fourth-order valence-electron chi connectivity index (χ4n) is 2.72. The highest BCUT2D eigenvalue weighted by molar-refractivity contribution is 6.34. The predicted octanol–water partition coefficient (Wildman–Crippen LogP) is 3.74. The molecule has 0 aliphatic heterocycles. The molecule has 2 N–H and O–H groups in total. The monoisotopic (exact) mass is 397 g/mol. The van der Waals surface area contributed by atoms with Gasteiger partial charge in [-0.1, -0.05) is 37.0 Å². The lowest BCUT2D eigenvalue weighted by Crippen LogP contribution is -2.48. The number of benzene rings is 1. The summed E-state index contributed by atoms with van der Waals surface area (Å²) >= 11 is 12.2. The lowest BCUT2D eigenvalue weighted by molar-refractivity contribution is -0.127. The van der Waals surface area contributed by atoms with Crippen LogP contribution in [0.2, 0.25) is 10.0 Å². The number of nitrogens with one attached hydrogen (secondary N) is 2. The second-order valence-corrected chi connectivity index (χ2v) is 6.53. The number of hydrazine groups is 1. The fraction of sp³-hybridized carbons (Fsp3) is 0.333. The molecule has 0 spiro atoms. The van der Waals surface area contributed by atoms with Crippen LogP contribution >= 0.6 is 23.2 Å². The zero-order chi connectivity index (χ0) is 19.3. The summed E-state index contributed by atoms with van der Waals surface area (Å²) in [5.41, 5.74) is 5.90. The number of hydrogen-bond donors (Lipinski definition) is 2. The molecule has 2 amide bonds. The van der Waals surface area contributed by atoms with Crippen molar-refractivity contribution in [3.05, 3.63) is 57.5 Å². The Labute approximate surface area is 162 Å². The molecule has 26 heavy (non-hydrogen) atoms. The van der Waals surface area contributed by atoms with Gasteiger partial charge in [0.15, 0.2) is 0 Å². The third-order valence-electron chi connectivity index (χ3n) is 4.03. The van der Waals surface area contributed by atoms with Crippen molar-refractivity contribution in [2.24, 2.45) is 0 Å². The van der Waals surface area contributed by atoms with Crippen molar-refractivity contribution in [1.82, 2.24) is 15.8 Å². The molecule has 1 atom stereocenters. The highest BCUT2D eigenvalue weighted by Crippen LogP contribution is 2.27. The number of carbonyl (C=O) groups is 2. The largest absolute Gasteiger partial charge is 0.469 e. The zero-order valence-electron chi connectivity index (χ0n) is 14.8. The number of amides is 2. The Morgan fingerprint density at radius 1 is 1.12 bits per heavy atom. The number of furan rings is 1. The van der Waals surface area contributed by atoms with Crippen LogP contribution in [0.15, 0.2) is 34.9 Å². The van der Waals surface area contributed by atoms with E-state index in [1.165, 1.54) is 12.3 Å². The molecule has 1 aromatic heterocycles. The number of likely N-dealkylation sites (N-methyl/N-ethyl adjacent to an activating group) is 1. The summed E-state index contributed by atoms with van der Waals surface area (Å²) in [6.07, 6.45) is 1.42. The van der Waals surface area contributed by atoms with E-state index in [1.807, 2.05) is 18.7 Å². The maximum atomic E-state index is 12.8. The van der Waals surface area contributed by atoms with Gasteiger partial charge < -0.3 is 4.42 Å². The van der Waals surface area contributed by atoms with Crippen LogP contribution in [0.4, 0.5) is 0 Å². The Balaban J connectivity index is 2.20. The van der Waals surface area contributed by atoms with Gasteiger partial charge in [0.2, 0.25) is 0 Å². The Kier molecular flexibility index (Phi) is 7.08. The Hall–Kier alpha value is -2.02. The minimum absolute atomic E-state index is 0.357. The first kappa shape index (κ1) is 20.3. The Morgan fingerprint density at radius 2 is 1.73 bits per heavy atom. The van der Waals surface area contributed by atoms with Crippen LogP contribution in [0.25, 0.3) is 0 Å². The standard InChI is InChI=1S/C18H21Cl2N3O3/c1-4-23(5-2)16(12-8-13(19)10-14(20)9-12)18(25)22-21-17(24)15-6-7-26-11(15)3/h6-10,16H,4-5H2,1-3H3,(H,21,24)(H,22,25)/t16-/m1/s1. The molecule has 8 heteroatoms. The van der Waals surface area contributed by atoms with E-state index in [4.69, 9.17) is 27.6 Å². The van der Waals surface area contributed by atoms with Gasteiger partial charge in [-0.25, -0.2) is 0 Å². The van der Waals surface area contributed by atoms with Crippen LogP contribution < -0.4 is 10.9 Å². The van der Waals surface area contributed by atoms with Gasteiger partial charge in [-0.2, -0.15) is 0 Å². The van der Waals surface area contributed by atoms with Crippen molar-refractivity contribution in [1.29, 1.82) is 0 Å². The van der Waals surface area contributed by atoms with Crippen molar-refractivity contribution in [2.45, 2.75) is 26.8 Å². The molecule has 1 aromatic carbocycles. The van der Waals surface area contributed by atoms with Crippen LogP contribution in [-0.4, -0.2) is 29.8 Å². The van der Waals surface area contributed by atoms with Gasteiger partial charge in [-0.3, -0.25) is 25.3 Å². The minimum Gasteiger partial charge on any atom is -0.469 e. The van der Waals surface area contributed by atoms with Gasteiger partial charge in [0.25, 0.3) is 11.8 Å². The van der Waals surface area contributed by atoms with Crippen LogP contribution in [0, 0.1) is 6.92 Å². The van der Waals surface area contributed by atoms with Gasteiger partial charge in [-0.05, 0) is 49.8 Å². The molecular formula is C18H21Cl2N3O3. The van der Waals surface area contributed by atoms with E-state index in [0.717, 1.165) is 0 Å². The summed E-state index contributed by atoms with van der Waals surface area (Å²) < 4.78 is 5.10. The third kappa shape index (κ3) is 4.78. The van der Waals surface area contributed by atoms with E-state index in [1.54, 1.807) is 25.1 Å². The summed E-state index contributed by atoms with van der Waals surface area (Å²) in [4.78, 5) is 26.9. The summed E-state index contributed by atoms with van der Waals surface area (Å²) in [7, 11) is 0. The molecule has 0 unspecified atom stereocenters. The topological polar surface area (TPSA) is 74.6 Å². The molecule has 0 saturated carbocycles. The molecular weight excluding hydrogens is 377 g/mol. The van der Waals surface area contributed by atoms with Gasteiger partial charge in [0.05, 0.1) is 11.8 Å². The first-order valence-electron chi connectivity index (χ1n) is 8.21. The number of aryl methyl sites for hydroxylation is 1. The van der Waals surface area contributed by atoms with Crippen LogP contribution in [0.3, 0.4) is 0 Å². The predicted molar refractivity (Wildman–Crippen MR) is 101 cm³/mol. The molecule has 0 aliphatic carbocycles. The average molecular weight is 398 g/mol. The van der Waals surface area contributed by atoms with Crippen molar-refractivity contribution in [2.75, 3.05) is 13.1 Å². The van der Waals surface area contributed by atoms with E-state index in [-0.39, 0.29) is 5.91 Å². The van der Waals surface area contributed by atoms with E-state index >= 15 is 0 Å². The number of nitrogens with zero attached hydrogens (tertiary/aromatic N) is 1. The highest BCUT2D eigenvalue weighted by Gasteiger charge is 2.27. The van der Waals surface area contributed by atoms with Gasteiger partial charge in [0.1, 0.15) is 11.8 Å². The van der Waals surface area contributed by atoms with Crippen LogP contribution in [0.5, 0.6) is 0 Å². The molecule has 6 nitrogen and oxygen atoms in total. The Morgan fingerprint density at radius 3 is 2.23 bits per heavy atom. The van der Waals surface area contributed by atoms with E-state index in [2.05, 4.69) is 10.9 Å². The smallest absolute Gasteiger partial charge is 0.273 e. The van der Waals surface area contributed by atoms with Crippen molar-refractivity contribution in [3.8, 4) is 0 Å². The minimum atomic E-state index is -0.646. The normalized spacial score (nSPS) is 12.1. The molecule has 0 bridgehead atoms. The summed E-state index contributed by atoms with van der Waals surface area (Å²) in [6, 6.07) is 5.88. The second-order valence-electron chi connectivity index (χ2n) is 5.66. The highest BCUT2D eigenvalue weighted by atomic mass is 35.5. The van der Waals surface area contributed by atoms with Gasteiger partial charge in [-0.15, -0.1) is 0 Å². The lowest BCUT2D eigenvalue weighted by atomic mass is 10.0. The average Bonchev–Trinajstić information content (AvgIpc) is 3.02. The first-order chi connectivity index (χ1) is 12.4. The summed E-state index contributed by atoms with van der Waals surface area (Å²) in [6.45, 7) is 6.83. The number of rotatable bonds is 6. The summed E-state index contributed by atoms with van der Waals surface area (Å²) in [5.74, 6) is -0.368. The fourth-order valence-corrected chi connectivity index (χ4v) is 3.27. The van der Waals surface area contributed by atoms with Crippen molar-refractivity contribution >= 4 is 35.0 Å². The number of halogens is 2. The first-order valence-corrected chi connectivity index (χ1v) is 8.97. The van der Waals surface area contributed by atoms with Gasteiger partial charge in [0, 0.05) is 10.0 Å². The van der Waals surface area contributed by atoms with E-state index < -0.39 is 11.9 Å². The van der Waals surface area contributed by atoms with Crippen LogP contribution in [0.1, 0.15) is 41.6 Å². The Bertz CT molecular complexity index is 767. The molecule has 2 aromatic rings. The third-order valence-corrected chi connectivity index (χ3v) is 4.47. The quantitative estimate of drug-likeness (QED) is 0.727. The van der Waals surface area contributed by atoms with Crippen LogP contribution in [-0.2, 0) is 4.79 Å². The second kappa shape index (κ2) is 9.07. The maximum Gasteiger partial charge on any atom is 0.273 e. The van der Waals surface area contributed by atoms with Gasteiger partial charge >= 0.3 is 0 Å². The van der Waals surface area contributed by atoms with Crippen molar-refractivity contribution in [3.63, 3.8) is 0 Å². The molecule has 0 radical (unpaired) electrons. The van der Waals surface area contributed by atoms with E-state index in [9.17, 15) is 9.59 Å². The summed E-state index contributed by atoms with van der Waals surface area (Å²) in [5, 5.41) is 0.881. The molecule has 0 aliphatic rings. The zero-order valence-corrected chi connectivity index (χ0v) is 16.3. The SMILES string of the molecule is CCN(CC)[C@@H](C(=O)NNC(=O)c1ccoc1C)c1cc(Cl)cc(Cl)c1. The number of carbonyl (C=O) groups excluding carboxylic acids is 2. The van der Waals surface area contributed by atoms with Crippen molar-refractivity contribution < 1.29 is 14.0 Å².